The van der Waals surface area contributed by atoms with E-state index in [0.717, 1.165) is 19.4 Å². The standard InChI is InChI=1S/C12H15NOSe/c1-10(13-9-5-8-12(13)14)15-11-6-3-2-4-7-11/h2-4,6-7,10H,5,8-9H2,1H3. The summed E-state index contributed by atoms with van der Waals surface area (Å²) in [6, 6.07) is 10.5. The summed E-state index contributed by atoms with van der Waals surface area (Å²) in [5, 5.41) is 0. The molecular formula is C12H15NOSe. The molecule has 1 aliphatic rings. The van der Waals surface area contributed by atoms with E-state index in [1.54, 1.807) is 0 Å². The van der Waals surface area contributed by atoms with Gasteiger partial charge < -0.3 is 0 Å². The van der Waals surface area contributed by atoms with E-state index < -0.39 is 0 Å². The van der Waals surface area contributed by atoms with Gasteiger partial charge in [-0.1, -0.05) is 0 Å². The molecule has 0 N–H and O–H groups in total. The van der Waals surface area contributed by atoms with Gasteiger partial charge in [0, 0.05) is 0 Å². The Balaban J connectivity index is 1.97. The zero-order valence-corrected chi connectivity index (χ0v) is 10.6. The van der Waals surface area contributed by atoms with Crippen molar-refractivity contribution in [3.05, 3.63) is 30.3 Å². The Morgan fingerprint density at radius 3 is 2.67 bits per heavy atom. The fourth-order valence-electron chi connectivity index (χ4n) is 1.81. The number of rotatable bonds is 3. The Hall–Kier alpha value is -0.791. The number of hydrogen-bond donors (Lipinski definition) is 0. The molecule has 1 heterocycles. The molecule has 1 aliphatic heterocycles. The third-order valence-electron chi connectivity index (χ3n) is 2.60. The van der Waals surface area contributed by atoms with Crippen LogP contribution in [0.3, 0.4) is 0 Å². The van der Waals surface area contributed by atoms with E-state index in [1.807, 2.05) is 11.0 Å². The van der Waals surface area contributed by atoms with E-state index in [-0.39, 0.29) is 0 Å². The summed E-state index contributed by atoms with van der Waals surface area (Å²) in [7, 11) is 0. The molecule has 1 aromatic carbocycles. The summed E-state index contributed by atoms with van der Waals surface area (Å²) in [4.78, 5) is 14.0. The summed E-state index contributed by atoms with van der Waals surface area (Å²) in [6.45, 7) is 3.12. The Morgan fingerprint density at radius 1 is 1.33 bits per heavy atom. The van der Waals surface area contributed by atoms with Gasteiger partial charge in [0.1, 0.15) is 0 Å². The summed E-state index contributed by atoms with van der Waals surface area (Å²) in [5.41, 5.74) is 0. The van der Waals surface area contributed by atoms with Gasteiger partial charge in [0.25, 0.3) is 0 Å². The van der Waals surface area contributed by atoms with Gasteiger partial charge in [-0.25, -0.2) is 0 Å². The molecule has 80 valence electrons. The molecule has 0 saturated carbocycles. The van der Waals surface area contributed by atoms with Gasteiger partial charge in [-0.15, -0.1) is 0 Å². The van der Waals surface area contributed by atoms with Crippen molar-refractivity contribution in [1.82, 2.24) is 4.90 Å². The first kappa shape index (κ1) is 10.7. The second kappa shape index (κ2) is 4.82. The molecule has 2 rings (SSSR count). The minimum absolute atomic E-state index is 0.334. The van der Waals surface area contributed by atoms with Crippen molar-refractivity contribution in [2.45, 2.75) is 24.7 Å². The monoisotopic (exact) mass is 269 g/mol. The SMILES string of the molecule is CC([Se]c1ccccc1)N1CCCC1=O. The number of amides is 1. The quantitative estimate of drug-likeness (QED) is 0.748. The molecular weight excluding hydrogens is 253 g/mol. The number of hydrogen-bond acceptors (Lipinski definition) is 1. The molecule has 0 aliphatic carbocycles. The molecule has 0 radical (unpaired) electrons. The molecule has 1 saturated heterocycles. The van der Waals surface area contributed by atoms with Crippen molar-refractivity contribution in [2.75, 3.05) is 6.54 Å². The fourth-order valence-corrected chi connectivity index (χ4v) is 4.03. The van der Waals surface area contributed by atoms with Crippen LogP contribution in [0.25, 0.3) is 0 Å². The van der Waals surface area contributed by atoms with Crippen LogP contribution in [0.4, 0.5) is 0 Å². The van der Waals surface area contributed by atoms with Crippen molar-refractivity contribution in [2.24, 2.45) is 0 Å². The second-order valence-corrected chi connectivity index (χ2v) is 6.64. The van der Waals surface area contributed by atoms with Gasteiger partial charge in [-0.05, 0) is 0 Å². The van der Waals surface area contributed by atoms with Crippen LogP contribution >= 0.6 is 0 Å². The van der Waals surface area contributed by atoms with Crippen molar-refractivity contribution in [3.8, 4) is 0 Å². The van der Waals surface area contributed by atoms with E-state index in [9.17, 15) is 4.79 Å². The Kier molecular flexibility index (Phi) is 3.45. The second-order valence-electron chi connectivity index (χ2n) is 3.72. The van der Waals surface area contributed by atoms with E-state index in [0.29, 0.717) is 25.8 Å². The first-order chi connectivity index (χ1) is 7.27. The Bertz CT molecular complexity index is 339. The van der Waals surface area contributed by atoms with Crippen LogP contribution in [-0.4, -0.2) is 37.2 Å². The molecule has 15 heavy (non-hydrogen) atoms. The summed E-state index contributed by atoms with van der Waals surface area (Å²) < 4.78 is 1.37. The van der Waals surface area contributed by atoms with Gasteiger partial charge in [0.15, 0.2) is 0 Å². The Morgan fingerprint density at radius 2 is 2.07 bits per heavy atom. The normalized spacial score (nSPS) is 18.2. The molecule has 1 unspecified atom stereocenters. The van der Waals surface area contributed by atoms with Crippen molar-refractivity contribution >= 4 is 25.3 Å². The molecule has 1 atom stereocenters. The molecule has 3 heteroatoms. The average Bonchev–Trinajstić information content (AvgIpc) is 2.66. The summed E-state index contributed by atoms with van der Waals surface area (Å²) >= 11 is 0.376. The van der Waals surface area contributed by atoms with Crippen LogP contribution in [0.1, 0.15) is 19.8 Å². The topological polar surface area (TPSA) is 20.3 Å². The van der Waals surface area contributed by atoms with Crippen molar-refractivity contribution in [3.63, 3.8) is 0 Å². The van der Waals surface area contributed by atoms with Gasteiger partial charge in [-0.2, -0.15) is 0 Å². The number of likely N-dealkylation sites (tertiary alicyclic amines) is 1. The first-order valence-electron chi connectivity index (χ1n) is 5.28. The van der Waals surface area contributed by atoms with Crippen LogP contribution in [0, 0.1) is 0 Å². The minimum atomic E-state index is 0.334. The van der Waals surface area contributed by atoms with Crippen LogP contribution in [0.5, 0.6) is 0 Å². The fraction of sp³-hybridized carbons (Fsp3) is 0.417. The van der Waals surface area contributed by atoms with E-state index in [1.165, 1.54) is 4.46 Å². The Labute approximate surface area is 96.8 Å². The molecule has 0 bridgehead atoms. The van der Waals surface area contributed by atoms with E-state index in [2.05, 4.69) is 31.2 Å². The maximum absolute atomic E-state index is 11.5. The van der Waals surface area contributed by atoms with E-state index >= 15 is 0 Å². The molecule has 0 spiro atoms. The number of benzene rings is 1. The first-order valence-corrected chi connectivity index (χ1v) is 7.13. The summed E-state index contributed by atoms with van der Waals surface area (Å²) in [6.07, 6.45) is 1.78. The van der Waals surface area contributed by atoms with Gasteiger partial charge in [0.2, 0.25) is 0 Å². The molecule has 1 fully saturated rings. The third kappa shape index (κ3) is 2.61. The van der Waals surface area contributed by atoms with Crippen molar-refractivity contribution in [1.29, 1.82) is 0 Å². The summed E-state index contributed by atoms with van der Waals surface area (Å²) in [5.74, 6) is 0.334. The van der Waals surface area contributed by atoms with Crippen molar-refractivity contribution < 1.29 is 4.79 Å². The predicted octanol–water partition coefficient (Wildman–Crippen LogP) is 0.985. The number of carbonyl (C=O) groups excluding carboxylic acids is 1. The molecule has 2 nitrogen and oxygen atoms in total. The zero-order valence-electron chi connectivity index (χ0n) is 8.85. The van der Waals surface area contributed by atoms with Crippen LogP contribution in [-0.2, 0) is 4.79 Å². The number of carbonyl (C=O) groups is 1. The van der Waals surface area contributed by atoms with Gasteiger partial charge >= 0.3 is 96.6 Å². The molecule has 1 amide bonds. The zero-order chi connectivity index (χ0) is 10.7. The van der Waals surface area contributed by atoms with Gasteiger partial charge in [0.05, 0.1) is 0 Å². The van der Waals surface area contributed by atoms with Crippen LogP contribution < -0.4 is 4.46 Å². The third-order valence-corrected chi connectivity index (χ3v) is 4.99. The van der Waals surface area contributed by atoms with E-state index in [4.69, 9.17) is 0 Å². The molecule has 0 aromatic heterocycles. The van der Waals surface area contributed by atoms with Crippen LogP contribution in [0.15, 0.2) is 30.3 Å². The predicted molar refractivity (Wildman–Crippen MR) is 62.2 cm³/mol. The number of nitrogens with zero attached hydrogens (tertiary/aromatic N) is 1. The average molecular weight is 268 g/mol. The maximum atomic E-state index is 11.5. The molecule has 1 aromatic rings. The van der Waals surface area contributed by atoms with Gasteiger partial charge in [-0.3, -0.25) is 0 Å². The van der Waals surface area contributed by atoms with Crippen LogP contribution in [0.2, 0.25) is 0 Å².